The van der Waals surface area contributed by atoms with Gasteiger partial charge in [-0.2, -0.15) is 13.2 Å². The van der Waals surface area contributed by atoms with Crippen LogP contribution in [0.4, 0.5) is 13.2 Å². The second-order valence-corrected chi connectivity index (χ2v) is 7.36. The van der Waals surface area contributed by atoms with E-state index in [0.717, 1.165) is 11.8 Å². The molecule has 1 aromatic carbocycles. The van der Waals surface area contributed by atoms with Gasteiger partial charge in [0, 0.05) is 36.8 Å². The van der Waals surface area contributed by atoms with E-state index >= 15 is 0 Å². The van der Waals surface area contributed by atoms with Crippen LogP contribution in [0.2, 0.25) is 0 Å². The number of alkyl halides is 3. The molecule has 1 aromatic rings. The molecular formula is C19H16ClF3N2O. The molecule has 0 bridgehead atoms. The van der Waals surface area contributed by atoms with Gasteiger partial charge < -0.3 is 4.90 Å². The van der Waals surface area contributed by atoms with E-state index in [1.54, 1.807) is 24.4 Å². The fraction of sp³-hybridized carbons (Fsp3) is 0.368. The number of halogens is 4. The van der Waals surface area contributed by atoms with Gasteiger partial charge in [0.15, 0.2) is 0 Å². The zero-order valence-electron chi connectivity index (χ0n) is 13.9. The molecule has 0 aromatic heterocycles. The standard InChI is InChI=1S/C19H16ClF3N2O/c1-25-15(11-3-2-4-12(7-11)19(21,22)23)10-18-14(16(26)5-6-24-18)8-13(20)9-17(18)25/h2-4,6-9,14-15H,5,10H2,1H3. The number of carbonyl (C=O) groups excluding carboxylic acids is 1. The van der Waals surface area contributed by atoms with Crippen LogP contribution in [0.15, 0.2) is 52.1 Å². The summed E-state index contributed by atoms with van der Waals surface area (Å²) in [5.41, 5.74) is -0.126. The number of carbonyl (C=O) groups is 1. The van der Waals surface area contributed by atoms with Crippen molar-refractivity contribution in [3.8, 4) is 0 Å². The van der Waals surface area contributed by atoms with Gasteiger partial charge in [-0.05, 0) is 23.8 Å². The number of ketones is 1. The minimum Gasteiger partial charge on any atom is -0.369 e. The van der Waals surface area contributed by atoms with Gasteiger partial charge in [0.25, 0.3) is 0 Å². The maximum absolute atomic E-state index is 13.1. The highest BCUT2D eigenvalue weighted by atomic mass is 35.5. The van der Waals surface area contributed by atoms with Crippen molar-refractivity contribution in [3.63, 3.8) is 0 Å². The lowest BCUT2D eigenvalue weighted by Crippen LogP contribution is -2.44. The third kappa shape index (κ3) is 2.50. The summed E-state index contributed by atoms with van der Waals surface area (Å²) in [5, 5.41) is 0.461. The van der Waals surface area contributed by atoms with Crippen LogP contribution < -0.4 is 0 Å². The van der Waals surface area contributed by atoms with Gasteiger partial charge in [-0.15, -0.1) is 0 Å². The largest absolute Gasteiger partial charge is 0.416 e. The maximum atomic E-state index is 13.1. The summed E-state index contributed by atoms with van der Waals surface area (Å²) in [5.74, 6) is -0.444. The van der Waals surface area contributed by atoms with E-state index in [1.807, 2.05) is 11.9 Å². The molecule has 0 amide bonds. The second kappa shape index (κ2) is 5.71. The van der Waals surface area contributed by atoms with Crippen molar-refractivity contribution in [2.75, 3.05) is 7.05 Å². The number of rotatable bonds is 1. The van der Waals surface area contributed by atoms with Crippen LogP contribution in [0, 0.1) is 5.92 Å². The highest BCUT2D eigenvalue weighted by Crippen LogP contribution is 2.54. The highest BCUT2D eigenvalue weighted by molar-refractivity contribution is 6.31. The van der Waals surface area contributed by atoms with Crippen LogP contribution in [0.3, 0.4) is 0 Å². The zero-order valence-corrected chi connectivity index (χ0v) is 14.7. The molecule has 1 aliphatic carbocycles. The van der Waals surface area contributed by atoms with E-state index in [0.29, 0.717) is 17.0 Å². The number of hydrogen-bond donors (Lipinski definition) is 0. The number of hydrogen-bond acceptors (Lipinski definition) is 3. The summed E-state index contributed by atoms with van der Waals surface area (Å²) in [4.78, 5) is 19.0. The predicted molar refractivity (Wildman–Crippen MR) is 92.9 cm³/mol. The quantitative estimate of drug-likeness (QED) is 0.718. The van der Waals surface area contributed by atoms with Crippen LogP contribution in [0.5, 0.6) is 0 Å². The Balaban J connectivity index is 1.79. The summed E-state index contributed by atoms with van der Waals surface area (Å²) in [6, 6.07) is 5.02. The van der Waals surface area contributed by atoms with Crippen molar-refractivity contribution in [3.05, 3.63) is 58.3 Å². The van der Waals surface area contributed by atoms with Gasteiger partial charge in [-0.3, -0.25) is 9.79 Å². The Morgan fingerprint density at radius 2 is 2.12 bits per heavy atom. The number of benzene rings is 1. The first-order chi connectivity index (χ1) is 12.2. The molecule has 1 fully saturated rings. The van der Waals surface area contributed by atoms with Crippen molar-refractivity contribution in [1.29, 1.82) is 0 Å². The first kappa shape index (κ1) is 17.3. The van der Waals surface area contributed by atoms with Gasteiger partial charge in [0.1, 0.15) is 11.3 Å². The molecule has 7 heteroatoms. The Bertz CT molecular complexity index is 874. The Hall–Kier alpha value is -2.08. The van der Waals surface area contributed by atoms with Crippen molar-refractivity contribution in [2.45, 2.75) is 30.6 Å². The van der Waals surface area contributed by atoms with Gasteiger partial charge in [0.05, 0.1) is 17.5 Å². The van der Waals surface area contributed by atoms with Crippen LogP contribution in [0.1, 0.15) is 30.0 Å². The first-order valence-electron chi connectivity index (χ1n) is 8.28. The van der Waals surface area contributed by atoms with Crippen LogP contribution in [0.25, 0.3) is 0 Å². The maximum Gasteiger partial charge on any atom is 0.416 e. The first-order valence-corrected chi connectivity index (χ1v) is 8.66. The van der Waals surface area contributed by atoms with Crippen molar-refractivity contribution in [2.24, 2.45) is 10.9 Å². The zero-order chi connectivity index (χ0) is 18.7. The Labute approximate surface area is 153 Å². The van der Waals surface area contributed by atoms with Crippen LogP contribution in [-0.4, -0.2) is 29.5 Å². The Morgan fingerprint density at radius 3 is 2.85 bits per heavy atom. The summed E-state index contributed by atoms with van der Waals surface area (Å²) in [6.07, 6.45) is 1.38. The molecule has 3 atom stereocenters. The number of allylic oxidation sites excluding steroid dienone is 2. The molecule has 0 saturated carbocycles. The number of likely N-dealkylation sites (N-methyl/N-ethyl adjacent to an activating group) is 1. The SMILES string of the molecule is CN1C2=CC(Cl)=CC3C(=O)CC=NC23CC1c1cccc(C(F)(F)F)c1. The van der Waals surface area contributed by atoms with E-state index < -0.39 is 23.2 Å². The predicted octanol–water partition coefficient (Wildman–Crippen LogP) is 4.50. The number of nitrogens with zero attached hydrogens (tertiary/aromatic N) is 2. The summed E-state index contributed by atoms with van der Waals surface area (Å²) < 4.78 is 39.3. The average molecular weight is 381 g/mol. The lowest BCUT2D eigenvalue weighted by molar-refractivity contribution is -0.137. The molecule has 3 aliphatic rings. The van der Waals surface area contributed by atoms with Gasteiger partial charge in [-0.1, -0.05) is 29.8 Å². The molecule has 3 nitrogen and oxygen atoms in total. The Morgan fingerprint density at radius 1 is 1.35 bits per heavy atom. The topological polar surface area (TPSA) is 32.7 Å². The highest BCUT2D eigenvalue weighted by Gasteiger charge is 2.55. The molecule has 4 rings (SSSR count). The van der Waals surface area contributed by atoms with Crippen LogP contribution >= 0.6 is 11.6 Å². The molecule has 3 unspecified atom stereocenters. The summed E-state index contributed by atoms with van der Waals surface area (Å²) in [6.45, 7) is 0. The summed E-state index contributed by atoms with van der Waals surface area (Å²) >= 11 is 6.21. The van der Waals surface area contributed by atoms with E-state index in [9.17, 15) is 18.0 Å². The number of likely N-dealkylation sites (tertiary alicyclic amines) is 1. The fourth-order valence-electron chi connectivity index (χ4n) is 4.25. The van der Waals surface area contributed by atoms with Crippen molar-refractivity contribution >= 4 is 23.6 Å². The molecule has 26 heavy (non-hydrogen) atoms. The molecular weight excluding hydrogens is 365 g/mol. The van der Waals surface area contributed by atoms with E-state index in [-0.39, 0.29) is 18.2 Å². The summed E-state index contributed by atoms with van der Waals surface area (Å²) in [7, 11) is 1.81. The molecule has 2 heterocycles. The van der Waals surface area contributed by atoms with Gasteiger partial charge in [0.2, 0.25) is 0 Å². The van der Waals surface area contributed by atoms with E-state index in [2.05, 4.69) is 4.99 Å². The molecule has 0 radical (unpaired) electrons. The molecule has 1 saturated heterocycles. The normalized spacial score (nSPS) is 30.7. The number of aliphatic imine (C=N–C) groups is 1. The fourth-order valence-corrected chi connectivity index (χ4v) is 4.48. The average Bonchev–Trinajstić information content (AvgIpc) is 2.86. The van der Waals surface area contributed by atoms with Crippen molar-refractivity contribution in [1.82, 2.24) is 4.90 Å². The van der Waals surface area contributed by atoms with E-state index in [4.69, 9.17) is 11.6 Å². The van der Waals surface area contributed by atoms with E-state index in [1.165, 1.54) is 12.1 Å². The minimum absolute atomic E-state index is 0.0295. The molecule has 0 N–H and O–H groups in total. The smallest absolute Gasteiger partial charge is 0.369 e. The second-order valence-electron chi connectivity index (χ2n) is 6.92. The van der Waals surface area contributed by atoms with Gasteiger partial charge in [-0.25, -0.2) is 0 Å². The third-order valence-electron chi connectivity index (χ3n) is 5.47. The minimum atomic E-state index is -4.40. The lowest BCUT2D eigenvalue weighted by Gasteiger charge is -2.38. The lowest BCUT2D eigenvalue weighted by atomic mass is 9.72. The molecule has 2 aliphatic heterocycles. The number of Topliss-reactive ketones (excluding diaryl/α,β-unsaturated/α-hetero) is 1. The molecule has 1 spiro atoms. The molecule has 136 valence electrons. The van der Waals surface area contributed by atoms with Gasteiger partial charge >= 0.3 is 6.18 Å². The van der Waals surface area contributed by atoms with Crippen LogP contribution in [-0.2, 0) is 11.0 Å². The van der Waals surface area contributed by atoms with Crippen molar-refractivity contribution < 1.29 is 18.0 Å². The Kier molecular flexibility index (Phi) is 3.81. The monoisotopic (exact) mass is 380 g/mol. The third-order valence-corrected chi connectivity index (χ3v) is 5.71.